The molecule has 2 fully saturated rings. The molecule has 3 nitrogen and oxygen atoms in total. The van der Waals surface area contributed by atoms with E-state index in [1.807, 2.05) is 0 Å². The van der Waals surface area contributed by atoms with Crippen LogP contribution in [0.2, 0.25) is 0 Å². The van der Waals surface area contributed by atoms with Gasteiger partial charge in [0.2, 0.25) is 0 Å². The zero-order valence-corrected chi connectivity index (χ0v) is 11.2. The van der Waals surface area contributed by atoms with Gasteiger partial charge in [0.05, 0.1) is 6.10 Å². The molecule has 0 bridgehead atoms. The first-order chi connectivity index (χ1) is 8.25. The minimum absolute atomic E-state index is 0.464. The van der Waals surface area contributed by atoms with Crippen LogP contribution in [0.3, 0.4) is 0 Å². The highest BCUT2D eigenvalue weighted by Crippen LogP contribution is 2.22. The van der Waals surface area contributed by atoms with Crippen molar-refractivity contribution in [3.63, 3.8) is 0 Å². The number of nitrogens with zero attached hydrogens (tertiary/aromatic N) is 1. The lowest BCUT2D eigenvalue weighted by molar-refractivity contribution is 0.0960. The third kappa shape index (κ3) is 4.23. The molecule has 2 N–H and O–H groups in total. The van der Waals surface area contributed by atoms with Gasteiger partial charge in [-0.05, 0) is 65.0 Å². The number of nitrogens with two attached hydrogens (primary N) is 1. The fourth-order valence-corrected chi connectivity index (χ4v) is 3.17. The van der Waals surface area contributed by atoms with Gasteiger partial charge in [-0.3, -0.25) is 0 Å². The lowest BCUT2D eigenvalue weighted by Crippen LogP contribution is -2.39. The van der Waals surface area contributed by atoms with Gasteiger partial charge in [0.15, 0.2) is 0 Å². The van der Waals surface area contributed by atoms with Gasteiger partial charge < -0.3 is 15.4 Å². The molecule has 0 amide bonds. The normalized spacial score (nSPS) is 34.4. The maximum Gasteiger partial charge on any atom is 0.0576 e. The average molecular weight is 240 g/mol. The largest absolute Gasteiger partial charge is 0.378 e. The molecule has 0 aromatic rings. The van der Waals surface area contributed by atoms with Crippen LogP contribution in [0, 0.1) is 0 Å². The fraction of sp³-hybridized carbons (Fsp3) is 1.00. The van der Waals surface area contributed by atoms with Crippen molar-refractivity contribution in [2.75, 3.05) is 20.2 Å². The van der Waals surface area contributed by atoms with Gasteiger partial charge >= 0.3 is 0 Å². The highest BCUT2D eigenvalue weighted by atomic mass is 16.5. The smallest absolute Gasteiger partial charge is 0.0576 e. The van der Waals surface area contributed by atoms with Gasteiger partial charge in [0.1, 0.15) is 0 Å². The average Bonchev–Trinajstić information content (AvgIpc) is 2.83. The summed E-state index contributed by atoms with van der Waals surface area (Å²) in [5.41, 5.74) is 5.94. The van der Waals surface area contributed by atoms with Crippen molar-refractivity contribution >= 4 is 0 Å². The molecule has 1 saturated heterocycles. The molecule has 1 unspecified atom stereocenters. The summed E-state index contributed by atoms with van der Waals surface area (Å²) in [5, 5.41) is 0. The predicted molar refractivity (Wildman–Crippen MR) is 71.1 cm³/mol. The van der Waals surface area contributed by atoms with Gasteiger partial charge in [0.25, 0.3) is 0 Å². The van der Waals surface area contributed by atoms with E-state index in [2.05, 4.69) is 11.9 Å². The summed E-state index contributed by atoms with van der Waals surface area (Å²) in [6.45, 7) is 2.21. The van der Waals surface area contributed by atoms with Gasteiger partial charge in [0, 0.05) is 18.7 Å². The first kappa shape index (κ1) is 13.3. The lowest BCUT2D eigenvalue weighted by Gasteiger charge is -2.33. The third-order valence-corrected chi connectivity index (χ3v) is 4.43. The van der Waals surface area contributed by atoms with Crippen LogP contribution in [0.4, 0.5) is 0 Å². The van der Waals surface area contributed by atoms with E-state index < -0.39 is 0 Å². The van der Waals surface area contributed by atoms with Crippen LogP contribution < -0.4 is 5.73 Å². The predicted octanol–water partition coefficient (Wildman–Crippen LogP) is 2.15. The Morgan fingerprint density at radius 3 is 2.59 bits per heavy atom. The van der Waals surface area contributed by atoms with Crippen molar-refractivity contribution < 1.29 is 4.74 Å². The Morgan fingerprint density at radius 1 is 1.18 bits per heavy atom. The second-order valence-electron chi connectivity index (χ2n) is 5.83. The van der Waals surface area contributed by atoms with E-state index >= 15 is 0 Å². The van der Waals surface area contributed by atoms with Crippen LogP contribution in [-0.4, -0.2) is 43.3 Å². The summed E-state index contributed by atoms with van der Waals surface area (Å²) in [6.07, 6.45) is 10.6. The molecule has 1 saturated carbocycles. The van der Waals surface area contributed by atoms with Crippen LogP contribution in [-0.2, 0) is 4.74 Å². The van der Waals surface area contributed by atoms with Crippen LogP contribution in [0.15, 0.2) is 0 Å². The standard InChI is InChI=1S/C14H28N2O/c1-16(13-8-6-12(15)7-9-13)10-2-4-14-5-3-11-17-14/h12-14H,2-11,15H2,1H3. The summed E-state index contributed by atoms with van der Waals surface area (Å²) in [6, 6.07) is 1.24. The molecule has 0 aromatic heterocycles. The number of hydrogen-bond donors (Lipinski definition) is 1. The highest BCUT2D eigenvalue weighted by Gasteiger charge is 2.22. The fourth-order valence-electron chi connectivity index (χ4n) is 3.17. The maximum absolute atomic E-state index is 5.94. The van der Waals surface area contributed by atoms with E-state index in [-0.39, 0.29) is 0 Å². The Hall–Kier alpha value is -0.120. The van der Waals surface area contributed by atoms with E-state index in [9.17, 15) is 0 Å². The van der Waals surface area contributed by atoms with E-state index in [4.69, 9.17) is 10.5 Å². The minimum Gasteiger partial charge on any atom is -0.378 e. The van der Waals surface area contributed by atoms with Crippen molar-refractivity contribution in [1.29, 1.82) is 0 Å². The second kappa shape index (κ2) is 6.72. The van der Waals surface area contributed by atoms with Crippen molar-refractivity contribution in [1.82, 2.24) is 4.90 Å². The zero-order valence-electron chi connectivity index (χ0n) is 11.2. The molecule has 1 aliphatic heterocycles. The second-order valence-corrected chi connectivity index (χ2v) is 5.83. The van der Waals surface area contributed by atoms with Crippen LogP contribution in [0.25, 0.3) is 0 Å². The van der Waals surface area contributed by atoms with Crippen LogP contribution in [0.5, 0.6) is 0 Å². The Kier molecular flexibility index (Phi) is 5.26. The zero-order chi connectivity index (χ0) is 12.1. The van der Waals surface area contributed by atoms with Crippen molar-refractivity contribution in [3.8, 4) is 0 Å². The Balaban J connectivity index is 1.58. The summed E-state index contributed by atoms with van der Waals surface area (Å²) in [7, 11) is 2.27. The molecular formula is C14H28N2O. The number of hydrogen-bond acceptors (Lipinski definition) is 3. The SMILES string of the molecule is CN(CCCC1CCCO1)C1CCC(N)CC1. The van der Waals surface area contributed by atoms with E-state index in [1.54, 1.807) is 0 Å². The molecule has 2 rings (SSSR count). The Labute approximate surface area is 106 Å². The molecule has 0 aromatic carbocycles. The summed E-state index contributed by atoms with van der Waals surface area (Å²) < 4.78 is 5.66. The summed E-state index contributed by atoms with van der Waals surface area (Å²) >= 11 is 0. The Bertz CT molecular complexity index is 208. The molecule has 100 valence electrons. The third-order valence-electron chi connectivity index (χ3n) is 4.43. The summed E-state index contributed by atoms with van der Waals surface area (Å²) in [4.78, 5) is 2.54. The van der Waals surface area contributed by atoms with Crippen molar-refractivity contribution in [2.24, 2.45) is 5.73 Å². The molecule has 0 spiro atoms. The van der Waals surface area contributed by atoms with Gasteiger partial charge in [-0.2, -0.15) is 0 Å². The minimum atomic E-state index is 0.464. The molecule has 0 radical (unpaired) electrons. The van der Waals surface area contributed by atoms with Gasteiger partial charge in [-0.15, -0.1) is 0 Å². The topological polar surface area (TPSA) is 38.5 Å². The van der Waals surface area contributed by atoms with Crippen LogP contribution >= 0.6 is 0 Å². The van der Waals surface area contributed by atoms with E-state index in [0.29, 0.717) is 12.1 Å². The molecule has 17 heavy (non-hydrogen) atoms. The first-order valence-corrected chi connectivity index (χ1v) is 7.33. The van der Waals surface area contributed by atoms with E-state index in [1.165, 1.54) is 57.9 Å². The highest BCUT2D eigenvalue weighted by molar-refractivity contribution is 4.79. The van der Waals surface area contributed by atoms with E-state index in [0.717, 1.165) is 12.6 Å². The molecule has 3 heteroatoms. The maximum atomic E-state index is 5.94. The molecule has 1 atom stereocenters. The van der Waals surface area contributed by atoms with Gasteiger partial charge in [-0.1, -0.05) is 0 Å². The lowest BCUT2D eigenvalue weighted by atomic mass is 9.91. The molecular weight excluding hydrogens is 212 g/mol. The number of rotatable bonds is 5. The van der Waals surface area contributed by atoms with Crippen molar-refractivity contribution in [2.45, 2.75) is 69.6 Å². The monoisotopic (exact) mass is 240 g/mol. The van der Waals surface area contributed by atoms with Crippen molar-refractivity contribution in [3.05, 3.63) is 0 Å². The summed E-state index contributed by atoms with van der Waals surface area (Å²) in [5.74, 6) is 0. The number of ether oxygens (including phenoxy) is 1. The molecule has 1 heterocycles. The quantitative estimate of drug-likeness (QED) is 0.800. The molecule has 1 aliphatic carbocycles. The first-order valence-electron chi connectivity index (χ1n) is 7.33. The molecule has 2 aliphatic rings. The van der Waals surface area contributed by atoms with Gasteiger partial charge in [-0.25, -0.2) is 0 Å². The van der Waals surface area contributed by atoms with Crippen LogP contribution in [0.1, 0.15) is 51.4 Å². The Morgan fingerprint density at radius 2 is 1.94 bits per heavy atom.